The first-order valence-electron chi connectivity index (χ1n) is 7.13. The van der Waals surface area contributed by atoms with Crippen LogP contribution in [0.5, 0.6) is 0 Å². The molecule has 0 unspecified atom stereocenters. The molecule has 0 spiro atoms. The van der Waals surface area contributed by atoms with E-state index in [2.05, 4.69) is 18.4 Å². The third-order valence-corrected chi connectivity index (χ3v) is 3.64. The number of hydrogen-bond donors (Lipinski definition) is 0. The van der Waals surface area contributed by atoms with Crippen molar-refractivity contribution < 1.29 is 4.79 Å². The maximum atomic E-state index is 12.2. The van der Waals surface area contributed by atoms with E-state index < -0.39 is 0 Å². The Bertz CT molecular complexity index is 254. The molecule has 0 radical (unpaired) electrons. The van der Waals surface area contributed by atoms with Gasteiger partial charge in [-0.3, -0.25) is 4.79 Å². The van der Waals surface area contributed by atoms with Crippen molar-refractivity contribution in [2.75, 3.05) is 6.54 Å². The summed E-state index contributed by atoms with van der Waals surface area (Å²) in [5.41, 5.74) is 0.687. The van der Waals surface area contributed by atoms with E-state index in [9.17, 15) is 4.79 Å². The average Bonchev–Trinajstić information content (AvgIpc) is 2.35. The molecule has 17 heavy (non-hydrogen) atoms. The SMILES string of the molecule is C=C(C)C(=O)N(CCCCC)C1CCCCC1. The fourth-order valence-corrected chi connectivity index (χ4v) is 2.62. The lowest BCUT2D eigenvalue weighted by Crippen LogP contribution is -2.42. The van der Waals surface area contributed by atoms with Crippen molar-refractivity contribution in [3.63, 3.8) is 0 Å². The van der Waals surface area contributed by atoms with Gasteiger partial charge in [0.2, 0.25) is 5.91 Å². The summed E-state index contributed by atoms with van der Waals surface area (Å²) >= 11 is 0. The molecular formula is C15H27NO. The van der Waals surface area contributed by atoms with Crippen LogP contribution in [-0.2, 0) is 4.79 Å². The van der Waals surface area contributed by atoms with Gasteiger partial charge in [-0.1, -0.05) is 45.6 Å². The number of unbranched alkanes of at least 4 members (excludes halogenated alkanes) is 2. The smallest absolute Gasteiger partial charge is 0.249 e. The quantitative estimate of drug-likeness (QED) is 0.506. The molecule has 2 nitrogen and oxygen atoms in total. The van der Waals surface area contributed by atoms with Crippen molar-refractivity contribution in [3.8, 4) is 0 Å². The molecule has 1 fully saturated rings. The van der Waals surface area contributed by atoms with Gasteiger partial charge in [-0.15, -0.1) is 0 Å². The molecule has 1 aliphatic carbocycles. The van der Waals surface area contributed by atoms with Crippen LogP contribution in [-0.4, -0.2) is 23.4 Å². The predicted molar refractivity (Wildman–Crippen MR) is 72.9 cm³/mol. The minimum absolute atomic E-state index is 0.174. The Labute approximate surface area is 106 Å². The minimum atomic E-state index is 0.174. The van der Waals surface area contributed by atoms with Gasteiger partial charge in [-0.25, -0.2) is 0 Å². The number of amides is 1. The maximum Gasteiger partial charge on any atom is 0.249 e. The molecule has 1 saturated carbocycles. The van der Waals surface area contributed by atoms with Gasteiger partial charge in [0.15, 0.2) is 0 Å². The number of rotatable bonds is 6. The van der Waals surface area contributed by atoms with Gasteiger partial charge >= 0.3 is 0 Å². The molecule has 0 aromatic heterocycles. The van der Waals surface area contributed by atoms with E-state index in [4.69, 9.17) is 0 Å². The molecule has 0 aromatic carbocycles. The topological polar surface area (TPSA) is 20.3 Å². The predicted octanol–water partition coefficient (Wildman–Crippen LogP) is 3.91. The highest BCUT2D eigenvalue weighted by Gasteiger charge is 2.24. The summed E-state index contributed by atoms with van der Waals surface area (Å²) in [4.78, 5) is 14.3. The third kappa shape index (κ3) is 4.53. The second kappa shape index (κ2) is 7.52. The standard InChI is InChI=1S/C15H27NO/c1-4-5-9-12-16(15(17)13(2)3)14-10-7-6-8-11-14/h14H,2,4-12H2,1,3H3. The Hall–Kier alpha value is -0.790. The van der Waals surface area contributed by atoms with Crippen molar-refractivity contribution in [2.45, 2.75) is 71.3 Å². The van der Waals surface area contributed by atoms with E-state index in [1.165, 1.54) is 44.9 Å². The van der Waals surface area contributed by atoms with E-state index in [-0.39, 0.29) is 5.91 Å². The van der Waals surface area contributed by atoms with Crippen molar-refractivity contribution in [1.29, 1.82) is 0 Å². The molecule has 1 rings (SSSR count). The van der Waals surface area contributed by atoms with Crippen LogP contribution < -0.4 is 0 Å². The molecule has 0 heterocycles. The van der Waals surface area contributed by atoms with Gasteiger partial charge in [0.1, 0.15) is 0 Å². The Kier molecular flexibility index (Phi) is 6.31. The molecule has 0 atom stereocenters. The lowest BCUT2D eigenvalue weighted by Gasteiger charge is -2.34. The number of hydrogen-bond acceptors (Lipinski definition) is 1. The van der Waals surface area contributed by atoms with E-state index in [1.807, 2.05) is 6.92 Å². The first kappa shape index (κ1) is 14.3. The monoisotopic (exact) mass is 237 g/mol. The third-order valence-electron chi connectivity index (χ3n) is 3.64. The Morgan fingerprint density at radius 1 is 1.24 bits per heavy atom. The van der Waals surface area contributed by atoms with Gasteiger partial charge in [0, 0.05) is 18.2 Å². The zero-order valence-electron chi connectivity index (χ0n) is 11.5. The van der Waals surface area contributed by atoms with Gasteiger partial charge < -0.3 is 4.90 Å². The molecule has 0 N–H and O–H groups in total. The van der Waals surface area contributed by atoms with Crippen molar-refractivity contribution in [3.05, 3.63) is 12.2 Å². The number of nitrogens with zero attached hydrogens (tertiary/aromatic N) is 1. The lowest BCUT2D eigenvalue weighted by molar-refractivity contribution is -0.130. The molecule has 0 bridgehead atoms. The maximum absolute atomic E-state index is 12.2. The van der Waals surface area contributed by atoms with Crippen LogP contribution >= 0.6 is 0 Å². The summed E-state index contributed by atoms with van der Waals surface area (Å²) in [5, 5.41) is 0. The van der Waals surface area contributed by atoms with Crippen molar-refractivity contribution in [1.82, 2.24) is 4.90 Å². The highest BCUT2D eigenvalue weighted by molar-refractivity contribution is 5.92. The molecule has 0 aromatic rings. The minimum Gasteiger partial charge on any atom is -0.336 e. The summed E-state index contributed by atoms with van der Waals surface area (Å²) in [5.74, 6) is 0.174. The zero-order chi connectivity index (χ0) is 12.7. The van der Waals surface area contributed by atoms with Crippen molar-refractivity contribution in [2.24, 2.45) is 0 Å². The van der Waals surface area contributed by atoms with Crippen LogP contribution in [0.3, 0.4) is 0 Å². The van der Waals surface area contributed by atoms with Crippen LogP contribution in [0.25, 0.3) is 0 Å². The van der Waals surface area contributed by atoms with E-state index in [1.54, 1.807) is 0 Å². The fourth-order valence-electron chi connectivity index (χ4n) is 2.62. The number of carbonyl (C=O) groups excluding carboxylic acids is 1. The Morgan fingerprint density at radius 3 is 2.41 bits per heavy atom. The van der Waals surface area contributed by atoms with Gasteiger partial charge in [-0.2, -0.15) is 0 Å². The van der Waals surface area contributed by atoms with Crippen LogP contribution in [0.15, 0.2) is 12.2 Å². The first-order chi connectivity index (χ1) is 8.16. The summed E-state index contributed by atoms with van der Waals surface area (Å²) < 4.78 is 0. The van der Waals surface area contributed by atoms with Crippen molar-refractivity contribution >= 4 is 5.91 Å². The van der Waals surface area contributed by atoms with Crippen LogP contribution in [0.2, 0.25) is 0 Å². The molecule has 0 saturated heterocycles. The molecule has 0 aliphatic heterocycles. The van der Waals surface area contributed by atoms with Gasteiger partial charge in [-0.05, 0) is 26.2 Å². The Balaban J connectivity index is 2.56. The highest BCUT2D eigenvalue weighted by atomic mass is 16.2. The van der Waals surface area contributed by atoms with Crippen LogP contribution in [0.4, 0.5) is 0 Å². The molecule has 98 valence electrons. The van der Waals surface area contributed by atoms with E-state index in [0.29, 0.717) is 11.6 Å². The summed E-state index contributed by atoms with van der Waals surface area (Å²) in [7, 11) is 0. The fraction of sp³-hybridized carbons (Fsp3) is 0.800. The second-order valence-corrected chi connectivity index (χ2v) is 5.28. The normalized spacial score (nSPS) is 16.8. The lowest BCUT2D eigenvalue weighted by atomic mass is 9.93. The highest BCUT2D eigenvalue weighted by Crippen LogP contribution is 2.24. The van der Waals surface area contributed by atoms with Crippen LogP contribution in [0.1, 0.15) is 65.2 Å². The summed E-state index contributed by atoms with van der Waals surface area (Å²) in [6.07, 6.45) is 9.81. The van der Waals surface area contributed by atoms with E-state index in [0.717, 1.165) is 13.0 Å². The van der Waals surface area contributed by atoms with E-state index >= 15 is 0 Å². The molecule has 2 heteroatoms. The average molecular weight is 237 g/mol. The number of carbonyl (C=O) groups is 1. The zero-order valence-corrected chi connectivity index (χ0v) is 11.5. The molecular weight excluding hydrogens is 210 g/mol. The Morgan fingerprint density at radius 2 is 1.88 bits per heavy atom. The van der Waals surface area contributed by atoms with Gasteiger partial charge in [0.25, 0.3) is 0 Å². The summed E-state index contributed by atoms with van der Waals surface area (Å²) in [6.45, 7) is 8.76. The summed E-state index contributed by atoms with van der Waals surface area (Å²) in [6, 6.07) is 0.477. The molecule has 1 aliphatic rings. The largest absolute Gasteiger partial charge is 0.336 e. The first-order valence-corrected chi connectivity index (χ1v) is 7.13. The molecule has 1 amide bonds. The second-order valence-electron chi connectivity index (χ2n) is 5.28. The van der Waals surface area contributed by atoms with Gasteiger partial charge in [0.05, 0.1) is 0 Å². The van der Waals surface area contributed by atoms with Crippen LogP contribution in [0, 0.1) is 0 Å².